The molecule has 0 aliphatic carbocycles. The van der Waals surface area contributed by atoms with E-state index in [0.29, 0.717) is 71.2 Å². The number of rotatable bonds is 7. The van der Waals surface area contributed by atoms with Crippen molar-refractivity contribution in [2.75, 3.05) is 25.5 Å². The Balaban J connectivity index is 1.22. The van der Waals surface area contributed by atoms with E-state index in [1.807, 2.05) is 25.1 Å². The molecule has 14 heteroatoms. The van der Waals surface area contributed by atoms with Crippen molar-refractivity contribution >= 4 is 23.3 Å². The summed E-state index contributed by atoms with van der Waals surface area (Å²) in [6.45, 7) is 2.82. The first-order valence-corrected chi connectivity index (χ1v) is 12.0. The lowest BCUT2D eigenvalue weighted by molar-refractivity contribution is 0.0958. The summed E-state index contributed by atoms with van der Waals surface area (Å²) in [5.41, 5.74) is 3.70. The summed E-state index contributed by atoms with van der Waals surface area (Å²) in [4.78, 5) is 38.8. The number of likely N-dealkylation sites (tertiary alicyclic amines) is 1. The van der Waals surface area contributed by atoms with Crippen molar-refractivity contribution in [1.82, 2.24) is 39.6 Å². The number of hydrogen-bond acceptors (Lipinski definition) is 9. The molecule has 2 amide bonds. The Morgan fingerprint density at radius 2 is 2.00 bits per heavy atom. The Morgan fingerprint density at radius 1 is 1.18 bits per heavy atom. The highest BCUT2D eigenvalue weighted by atomic mass is 16.5. The monoisotopic (exact) mass is 529 g/mol. The van der Waals surface area contributed by atoms with Gasteiger partial charge in [0.05, 0.1) is 12.1 Å². The Kier molecular flexibility index (Phi) is 5.99. The zero-order chi connectivity index (χ0) is 27.1. The lowest BCUT2D eigenvalue weighted by Crippen LogP contribution is -2.47. The van der Waals surface area contributed by atoms with Gasteiger partial charge in [0.1, 0.15) is 17.9 Å². The SMILES string of the molecule is COCc1nc(-c2ccc3ncc(C(=O)Nc4cc(-c5noc(C6CN(C(=O)O)C6)n5)ccc4C)n3c2)n[nH]1. The molecule has 1 aliphatic rings. The van der Waals surface area contributed by atoms with E-state index < -0.39 is 6.09 Å². The second kappa shape index (κ2) is 9.64. The predicted octanol–water partition coefficient (Wildman–Crippen LogP) is 2.95. The largest absolute Gasteiger partial charge is 0.465 e. The number of pyridine rings is 1. The number of aromatic amines is 1. The van der Waals surface area contributed by atoms with Crippen LogP contribution in [0.4, 0.5) is 10.5 Å². The summed E-state index contributed by atoms with van der Waals surface area (Å²) < 4.78 is 12.1. The van der Waals surface area contributed by atoms with E-state index in [2.05, 4.69) is 35.6 Å². The fraction of sp³-hybridized carbons (Fsp3) is 0.240. The van der Waals surface area contributed by atoms with Crippen molar-refractivity contribution in [1.29, 1.82) is 0 Å². The second-order valence-electron chi connectivity index (χ2n) is 9.15. The second-order valence-corrected chi connectivity index (χ2v) is 9.15. The third-order valence-corrected chi connectivity index (χ3v) is 6.50. The fourth-order valence-corrected chi connectivity index (χ4v) is 4.30. The number of anilines is 1. The van der Waals surface area contributed by atoms with Crippen LogP contribution in [0, 0.1) is 6.92 Å². The first-order valence-electron chi connectivity index (χ1n) is 12.0. The standard InChI is InChI=1S/C25H23N9O5/c1-13-3-4-14(22-29-24(39-32-22)16-9-33(10-16)25(36)37)7-17(13)27-23(35)18-8-26-20-6-5-15(11-34(18)20)21-28-19(12-38-2)30-31-21/h3-8,11,16H,9-10,12H2,1-2H3,(H,27,35)(H,36,37)(H,28,30,31). The minimum atomic E-state index is -0.971. The summed E-state index contributed by atoms with van der Waals surface area (Å²) in [5, 5.41) is 23.1. The van der Waals surface area contributed by atoms with Crippen LogP contribution >= 0.6 is 0 Å². The minimum Gasteiger partial charge on any atom is -0.465 e. The molecule has 1 aliphatic heterocycles. The summed E-state index contributed by atoms with van der Waals surface area (Å²) in [6, 6.07) is 9.07. The van der Waals surface area contributed by atoms with Crippen LogP contribution in [-0.4, -0.2) is 76.9 Å². The van der Waals surface area contributed by atoms with Crippen LogP contribution in [0.5, 0.6) is 0 Å². The van der Waals surface area contributed by atoms with Crippen molar-refractivity contribution < 1.29 is 24.0 Å². The van der Waals surface area contributed by atoms with Gasteiger partial charge in [-0.05, 0) is 30.7 Å². The summed E-state index contributed by atoms with van der Waals surface area (Å²) in [5.74, 6) is 1.33. The first-order chi connectivity index (χ1) is 18.9. The Morgan fingerprint density at radius 3 is 2.79 bits per heavy atom. The average molecular weight is 530 g/mol. The first kappa shape index (κ1) is 24.2. The van der Waals surface area contributed by atoms with E-state index >= 15 is 0 Å². The van der Waals surface area contributed by atoms with Gasteiger partial charge in [0.2, 0.25) is 11.7 Å². The predicted molar refractivity (Wildman–Crippen MR) is 136 cm³/mol. The number of carbonyl (C=O) groups excluding carboxylic acids is 1. The molecule has 4 aromatic heterocycles. The van der Waals surface area contributed by atoms with E-state index in [-0.39, 0.29) is 11.8 Å². The van der Waals surface area contributed by atoms with Crippen LogP contribution in [0.3, 0.4) is 0 Å². The normalized spacial score (nSPS) is 13.5. The Labute approximate surface area is 220 Å². The molecule has 1 fully saturated rings. The highest BCUT2D eigenvalue weighted by molar-refractivity contribution is 6.04. The van der Waals surface area contributed by atoms with Gasteiger partial charge in [0.15, 0.2) is 11.6 Å². The van der Waals surface area contributed by atoms with Crippen LogP contribution in [-0.2, 0) is 11.3 Å². The van der Waals surface area contributed by atoms with E-state index in [1.165, 1.54) is 11.1 Å². The molecule has 14 nitrogen and oxygen atoms in total. The molecule has 1 aromatic carbocycles. The van der Waals surface area contributed by atoms with Crippen molar-refractivity contribution in [3.63, 3.8) is 0 Å². The topological polar surface area (TPSA) is 177 Å². The number of H-pyrrole nitrogens is 1. The number of nitrogens with zero attached hydrogens (tertiary/aromatic N) is 7. The van der Waals surface area contributed by atoms with Gasteiger partial charge in [-0.15, -0.1) is 0 Å². The minimum absolute atomic E-state index is 0.129. The third-order valence-electron chi connectivity index (χ3n) is 6.50. The number of hydrogen-bond donors (Lipinski definition) is 3. The number of ether oxygens (including phenoxy) is 1. The molecule has 0 saturated carbocycles. The molecule has 0 spiro atoms. The number of aromatic nitrogens is 7. The van der Waals surface area contributed by atoms with Crippen LogP contribution in [0.2, 0.25) is 0 Å². The number of amides is 2. The van der Waals surface area contributed by atoms with Crippen molar-refractivity contribution in [2.45, 2.75) is 19.4 Å². The van der Waals surface area contributed by atoms with Gasteiger partial charge in [-0.25, -0.2) is 14.8 Å². The smallest absolute Gasteiger partial charge is 0.407 e. The molecule has 3 N–H and O–H groups in total. The highest BCUT2D eigenvalue weighted by Crippen LogP contribution is 2.29. The van der Waals surface area contributed by atoms with Gasteiger partial charge in [-0.2, -0.15) is 10.1 Å². The molecule has 0 radical (unpaired) electrons. The van der Waals surface area contributed by atoms with Crippen LogP contribution in [0.1, 0.15) is 33.7 Å². The van der Waals surface area contributed by atoms with Gasteiger partial charge in [-0.1, -0.05) is 17.3 Å². The van der Waals surface area contributed by atoms with E-state index in [4.69, 9.17) is 14.4 Å². The number of benzene rings is 1. The lowest BCUT2D eigenvalue weighted by atomic mass is 10.0. The van der Waals surface area contributed by atoms with Gasteiger partial charge >= 0.3 is 6.09 Å². The number of fused-ring (bicyclic) bond motifs is 1. The zero-order valence-corrected chi connectivity index (χ0v) is 21.0. The number of nitrogens with one attached hydrogen (secondary N) is 2. The number of carbonyl (C=O) groups is 2. The molecule has 0 unspecified atom stereocenters. The highest BCUT2D eigenvalue weighted by Gasteiger charge is 2.35. The summed E-state index contributed by atoms with van der Waals surface area (Å²) in [6.07, 6.45) is 2.29. The molecular formula is C25H23N9O5. The number of imidazole rings is 1. The molecule has 5 aromatic rings. The number of methoxy groups -OCH3 is 1. The maximum atomic E-state index is 13.3. The van der Waals surface area contributed by atoms with Gasteiger partial charge < -0.3 is 24.6 Å². The Hall–Kier alpha value is -5.11. The average Bonchev–Trinajstić information content (AvgIpc) is 3.64. The zero-order valence-electron chi connectivity index (χ0n) is 21.0. The Bertz CT molecular complexity index is 1700. The van der Waals surface area contributed by atoms with Crippen molar-refractivity contribution in [3.8, 4) is 22.8 Å². The number of carboxylic acid groups (broad SMARTS) is 1. The van der Waals surface area contributed by atoms with Crippen LogP contribution in [0.25, 0.3) is 28.4 Å². The van der Waals surface area contributed by atoms with Gasteiger partial charge in [0, 0.05) is 43.2 Å². The molecule has 39 heavy (non-hydrogen) atoms. The van der Waals surface area contributed by atoms with Gasteiger partial charge in [0.25, 0.3) is 5.91 Å². The fourth-order valence-electron chi connectivity index (χ4n) is 4.30. The molecule has 1 saturated heterocycles. The maximum Gasteiger partial charge on any atom is 0.407 e. The molecule has 0 bridgehead atoms. The van der Waals surface area contributed by atoms with Crippen molar-refractivity contribution in [3.05, 3.63) is 65.7 Å². The molecule has 0 atom stereocenters. The van der Waals surface area contributed by atoms with Crippen molar-refractivity contribution in [2.24, 2.45) is 0 Å². The molecule has 198 valence electrons. The van der Waals surface area contributed by atoms with Crippen LogP contribution in [0.15, 0.2) is 47.2 Å². The molecule has 6 rings (SSSR count). The summed E-state index contributed by atoms with van der Waals surface area (Å²) >= 11 is 0. The molecule has 5 heterocycles. The maximum absolute atomic E-state index is 13.3. The lowest BCUT2D eigenvalue weighted by Gasteiger charge is -2.34. The van der Waals surface area contributed by atoms with E-state index in [9.17, 15) is 9.59 Å². The van der Waals surface area contributed by atoms with E-state index in [1.54, 1.807) is 29.8 Å². The van der Waals surface area contributed by atoms with Crippen LogP contribution < -0.4 is 5.32 Å². The third kappa shape index (κ3) is 4.57. The number of aryl methyl sites for hydroxylation is 1. The van der Waals surface area contributed by atoms with E-state index in [0.717, 1.165) is 5.56 Å². The van der Waals surface area contributed by atoms with Gasteiger partial charge in [-0.3, -0.25) is 14.3 Å². The quantitative estimate of drug-likeness (QED) is 0.284. The summed E-state index contributed by atoms with van der Waals surface area (Å²) in [7, 11) is 1.58. The molecular weight excluding hydrogens is 506 g/mol.